The summed E-state index contributed by atoms with van der Waals surface area (Å²) in [6.45, 7) is 5.65. The third-order valence-corrected chi connectivity index (χ3v) is 1.44. The van der Waals surface area contributed by atoms with Crippen LogP contribution >= 0.6 is 0 Å². The van der Waals surface area contributed by atoms with E-state index in [4.69, 9.17) is 0 Å². The molecule has 0 aromatic heterocycles. The van der Waals surface area contributed by atoms with E-state index in [1.807, 2.05) is 0 Å². The first-order valence-electron chi connectivity index (χ1n) is 4.12. The summed E-state index contributed by atoms with van der Waals surface area (Å²) < 4.78 is 0. The van der Waals surface area contributed by atoms with Crippen molar-refractivity contribution in [2.24, 2.45) is 0 Å². The molecule has 0 saturated heterocycles. The highest BCUT2D eigenvalue weighted by Gasteiger charge is 1.87. The molecule has 1 N–H and O–H groups in total. The van der Waals surface area contributed by atoms with Crippen molar-refractivity contribution in [2.45, 2.75) is 19.8 Å². The summed E-state index contributed by atoms with van der Waals surface area (Å²) in [5.41, 5.74) is 0. The van der Waals surface area contributed by atoms with Crippen LogP contribution in [0.25, 0.3) is 0 Å². The first kappa shape index (κ1) is 9.92. The van der Waals surface area contributed by atoms with E-state index >= 15 is 0 Å². The second-order valence-corrected chi connectivity index (χ2v) is 2.91. The zero-order valence-corrected chi connectivity index (χ0v) is 7.48. The standard InChI is InChI=1S/C8H20N2/c1-4-5-6-9-7-8-10(2)3/h9H,4-8H2,1-3H3. The predicted molar refractivity (Wildman–Crippen MR) is 46.3 cm³/mol. The van der Waals surface area contributed by atoms with Crippen LogP contribution in [0, 0.1) is 0 Å². The molecule has 62 valence electrons. The number of rotatable bonds is 6. The van der Waals surface area contributed by atoms with Crippen molar-refractivity contribution in [3.63, 3.8) is 0 Å². The Morgan fingerprint density at radius 1 is 1.20 bits per heavy atom. The summed E-state index contributed by atoms with van der Waals surface area (Å²) in [6.07, 6.45) is 2.59. The minimum atomic E-state index is 1.12. The fraction of sp³-hybridized carbons (Fsp3) is 1.00. The van der Waals surface area contributed by atoms with Gasteiger partial charge in [-0.25, -0.2) is 0 Å². The first-order chi connectivity index (χ1) is 4.77. The van der Waals surface area contributed by atoms with Crippen LogP contribution in [-0.4, -0.2) is 38.6 Å². The third kappa shape index (κ3) is 7.92. The van der Waals surface area contributed by atoms with E-state index in [-0.39, 0.29) is 0 Å². The zero-order valence-electron chi connectivity index (χ0n) is 7.48. The molecule has 0 radical (unpaired) electrons. The Balaban J connectivity index is 2.77. The zero-order chi connectivity index (χ0) is 7.82. The van der Waals surface area contributed by atoms with Crippen LogP contribution in [0.4, 0.5) is 0 Å². The van der Waals surface area contributed by atoms with E-state index in [2.05, 4.69) is 31.2 Å². The molecule has 0 unspecified atom stereocenters. The molecule has 0 aliphatic carbocycles. The van der Waals surface area contributed by atoms with Crippen LogP contribution in [0.2, 0.25) is 0 Å². The Hall–Kier alpha value is -0.0800. The second-order valence-electron chi connectivity index (χ2n) is 2.91. The van der Waals surface area contributed by atoms with Gasteiger partial charge in [0.05, 0.1) is 0 Å². The van der Waals surface area contributed by atoms with Crippen LogP contribution in [0.15, 0.2) is 0 Å². The average Bonchev–Trinajstić information content (AvgIpc) is 1.87. The Labute approximate surface area is 64.6 Å². The van der Waals surface area contributed by atoms with E-state index in [0.717, 1.165) is 13.1 Å². The highest BCUT2D eigenvalue weighted by atomic mass is 15.1. The lowest BCUT2D eigenvalue weighted by molar-refractivity contribution is 0.399. The molecule has 2 nitrogen and oxygen atoms in total. The normalized spacial score (nSPS) is 10.8. The molecule has 0 bridgehead atoms. The molecule has 0 aromatic carbocycles. The molecule has 10 heavy (non-hydrogen) atoms. The van der Waals surface area contributed by atoms with Gasteiger partial charge in [-0.15, -0.1) is 0 Å². The molecule has 0 fully saturated rings. The van der Waals surface area contributed by atoms with Gasteiger partial charge in [-0.3, -0.25) is 0 Å². The van der Waals surface area contributed by atoms with Gasteiger partial charge in [0.15, 0.2) is 0 Å². The predicted octanol–water partition coefficient (Wildman–Crippen LogP) is 0.938. The van der Waals surface area contributed by atoms with Gasteiger partial charge in [0.1, 0.15) is 0 Å². The number of nitrogens with one attached hydrogen (secondary N) is 1. The van der Waals surface area contributed by atoms with Crippen molar-refractivity contribution < 1.29 is 0 Å². The molecule has 0 rings (SSSR count). The fourth-order valence-electron chi connectivity index (χ4n) is 0.729. The van der Waals surface area contributed by atoms with Gasteiger partial charge in [0, 0.05) is 13.1 Å². The molecule has 2 heteroatoms. The molecule has 0 saturated carbocycles. The summed E-state index contributed by atoms with van der Waals surface area (Å²) in [5.74, 6) is 0. The molecule has 0 heterocycles. The Kier molecular flexibility index (Phi) is 6.98. The van der Waals surface area contributed by atoms with E-state index in [9.17, 15) is 0 Å². The van der Waals surface area contributed by atoms with Gasteiger partial charge in [0.2, 0.25) is 0 Å². The van der Waals surface area contributed by atoms with Crippen LogP contribution in [0.3, 0.4) is 0 Å². The minimum Gasteiger partial charge on any atom is -0.315 e. The number of hydrogen-bond donors (Lipinski definition) is 1. The Bertz CT molecular complexity index is 62.3. The summed E-state index contributed by atoms with van der Waals surface area (Å²) in [6, 6.07) is 0. The molecule has 0 atom stereocenters. The van der Waals surface area contributed by atoms with Crippen LogP contribution in [0.5, 0.6) is 0 Å². The lowest BCUT2D eigenvalue weighted by Crippen LogP contribution is -2.27. The van der Waals surface area contributed by atoms with Gasteiger partial charge in [-0.1, -0.05) is 13.3 Å². The lowest BCUT2D eigenvalue weighted by Gasteiger charge is -2.09. The monoisotopic (exact) mass is 144 g/mol. The molecule has 0 spiro atoms. The van der Waals surface area contributed by atoms with E-state index in [1.54, 1.807) is 0 Å². The molecule has 0 aliphatic heterocycles. The van der Waals surface area contributed by atoms with Gasteiger partial charge in [0.25, 0.3) is 0 Å². The Morgan fingerprint density at radius 2 is 1.90 bits per heavy atom. The van der Waals surface area contributed by atoms with E-state index < -0.39 is 0 Å². The van der Waals surface area contributed by atoms with Gasteiger partial charge >= 0.3 is 0 Å². The van der Waals surface area contributed by atoms with Crippen LogP contribution in [0.1, 0.15) is 19.8 Å². The first-order valence-corrected chi connectivity index (χ1v) is 4.12. The molecule has 0 aromatic rings. The van der Waals surface area contributed by atoms with Crippen LogP contribution < -0.4 is 5.32 Å². The van der Waals surface area contributed by atoms with Crippen molar-refractivity contribution in [3.8, 4) is 0 Å². The van der Waals surface area contributed by atoms with Gasteiger partial charge in [-0.05, 0) is 27.1 Å². The number of unbranched alkanes of at least 4 members (excludes halogenated alkanes) is 1. The van der Waals surface area contributed by atoms with E-state index in [1.165, 1.54) is 19.4 Å². The van der Waals surface area contributed by atoms with Crippen LogP contribution in [-0.2, 0) is 0 Å². The highest BCUT2D eigenvalue weighted by molar-refractivity contribution is 4.49. The van der Waals surface area contributed by atoms with Crippen molar-refractivity contribution in [3.05, 3.63) is 0 Å². The number of hydrogen-bond acceptors (Lipinski definition) is 2. The quantitative estimate of drug-likeness (QED) is 0.558. The van der Waals surface area contributed by atoms with E-state index in [0.29, 0.717) is 0 Å². The fourth-order valence-corrected chi connectivity index (χ4v) is 0.729. The lowest BCUT2D eigenvalue weighted by atomic mass is 10.3. The number of nitrogens with zero attached hydrogens (tertiary/aromatic N) is 1. The molecular weight excluding hydrogens is 124 g/mol. The number of likely N-dealkylation sites (N-methyl/N-ethyl adjacent to an activating group) is 1. The SMILES string of the molecule is CCCCNCCN(C)C. The third-order valence-electron chi connectivity index (χ3n) is 1.44. The average molecular weight is 144 g/mol. The largest absolute Gasteiger partial charge is 0.315 e. The Morgan fingerprint density at radius 3 is 2.40 bits per heavy atom. The minimum absolute atomic E-state index is 1.12. The molecular formula is C8H20N2. The summed E-state index contributed by atoms with van der Waals surface area (Å²) in [7, 11) is 4.20. The smallest absolute Gasteiger partial charge is 0.0101 e. The molecule has 0 amide bonds. The summed E-state index contributed by atoms with van der Waals surface area (Å²) in [5, 5.41) is 3.38. The summed E-state index contributed by atoms with van der Waals surface area (Å²) in [4.78, 5) is 2.19. The van der Waals surface area contributed by atoms with Crippen molar-refractivity contribution in [1.82, 2.24) is 10.2 Å². The van der Waals surface area contributed by atoms with Gasteiger partial charge in [-0.2, -0.15) is 0 Å². The topological polar surface area (TPSA) is 15.3 Å². The summed E-state index contributed by atoms with van der Waals surface area (Å²) >= 11 is 0. The maximum atomic E-state index is 3.38. The maximum absolute atomic E-state index is 3.38. The van der Waals surface area contributed by atoms with Gasteiger partial charge < -0.3 is 10.2 Å². The second kappa shape index (κ2) is 7.03. The van der Waals surface area contributed by atoms with Crippen molar-refractivity contribution in [2.75, 3.05) is 33.7 Å². The molecule has 0 aliphatic rings. The van der Waals surface area contributed by atoms with Crippen molar-refractivity contribution in [1.29, 1.82) is 0 Å². The maximum Gasteiger partial charge on any atom is 0.0101 e. The van der Waals surface area contributed by atoms with Crippen molar-refractivity contribution >= 4 is 0 Å². The highest BCUT2D eigenvalue weighted by Crippen LogP contribution is 1.81.